The maximum atomic E-state index is 13.3. The van der Waals surface area contributed by atoms with Crippen molar-refractivity contribution >= 4 is 11.8 Å². The number of pyridine rings is 1. The summed E-state index contributed by atoms with van der Waals surface area (Å²) >= 11 is 0. The van der Waals surface area contributed by atoms with E-state index >= 15 is 0 Å². The fourth-order valence-corrected chi connectivity index (χ4v) is 5.01. The number of hydrogen-bond acceptors (Lipinski definition) is 6. The highest BCUT2D eigenvalue weighted by Gasteiger charge is 2.25. The summed E-state index contributed by atoms with van der Waals surface area (Å²) in [5.41, 5.74) is 4.18. The number of benzene rings is 2. The first-order chi connectivity index (χ1) is 18.9. The molecule has 0 unspecified atom stereocenters. The van der Waals surface area contributed by atoms with Crippen LogP contribution in [-0.2, 0) is 17.8 Å². The fraction of sp³-hybridized carbons (Fsp3) is 0.387. The van der Waals surface area contributed by atoms with Crippen LogP contribution >= 0.6 is 0 Å². The van der Waals surface area contributed by atoms with Crippen molar-refractivity contribution in [1.82, 2.24) is 25.2 Å². The van der Waals surface area contributed by atoms with Crippen LogP contribution in [-0.4, -0.2) is 36.9 Å². The summed E-state index contributed by atoms with van der Waals surface area (Å²) in [5, 5.41) is 12.3. The maximum Gasteiger partial charge on any atom is 0.415 e. The molecule has 0 bridgehead atoms. The van der Waals surface area contributed by atoms with Gasteiger partial charge >= 0.3 is 6.09 Å². The summed E-state index contributed by atoms with van der Waals surface area (Å²) in [7, 11) is 0. The Morgan fingerprint density at radius 3 is 2.38 bits per heavy atom. The van der Waals surface area contributed by atoms with Crippen LogP contribution in [0.25, 0.3) is 11.4 Å². The van der Waals surface area contributed by atoms with E-state index in [2.05, 4.69) is 21.6 Å². The molecule has 1 aliphatic carbocycles. The van der Waals surface area contributed by atoms with Crippen molar-refractivity contribution in [3.63, 3.8) is 0 Å². The van der Waals surface area contributed by atoms with Crippen LogP contribution in [0.15, 0.2) is 72.9 Å². The highest BCUT2D eigenvalue weighted by Crippen LogP contribution is 2.32. The van der Waals surface area contributed by atoms with Crippen molar-refractivity contribution in [3.05, 3.63) is 89.7 Å². The lowest BCUT2D eigenvalue weighted by Crippen LogP contribution is -2.36. The minimum Gasteiger partial charge on any atom is -0.443 e. The van der Waals surface area contributed by atoms with Gasteiger partial charge in [-0.1, -0.05) is 55.7 Å². The van der Waals surface area contributed by atoms with Crippen LogP contribution in [0.5, 0.6) is 0 Å². The van der Waals surface area contributed by atoms with E-state index < -0.39 is 11.7 Å². The molecule has 1 aliphatic rings. The zero-order valence-corrected chi connectivity index (χ0v) is 23.0. The molecule has 0 N–H and O–H groups in total. The fourth-order valence-electron chi connectivity index (χ4n) is 5.01. The van der Waals surface area contributed by atoms with Gasteiger partial charge in [0, 0.05) is 17.4 Å². The molecule has 0 atom stereocenters. The molecule has 0 aliphatic heterocycles. The number of nitrogens with zero attached hydrogens (tertiary/aromatic N) is 6. The summed E-state index contributed by atoms with van der Waals surface area (Å²) in [6, 6.07) is 21.9. The van der Waals surface area contributed by atoms with E-state index in [4.69, 9.17) is 9.72 Å². The summed E-state index contributed by atoms with van der Waals surface area (Å²) < 4.78 is 7.53. The monoisotopic (exact) mass is 524 g/mol. The molecule has 2 heterocycles. The second-order valence-electron chi connectivity index (χ2n) is 11.2. The Hall–Kier alpha value is -4.07. The molecule has 1 amide bonds. The Morgan fingerprint density at radius 2 is 1.72 bits per heavy atom. The number of hydrogen-bond donors (Lipinski definition) is 0. The van der Waals surface area contributed by atoms with E-state index in [1.165, 1.54) is 37.7 Å². The predicted octanol–water partition coefficient (Wildman–Crippen LogP) is 6.77. The normalized spacial score (nSPS) is 14.2. The van der Waals surface area contributed by atoms with Crippen molar-refractivity contribution < 1.29 is 9.53 Å². The molecule has 0 spiro atoms. The molecule has 39 heavy (non-hydrogen) atoms. The quantitative estimate of drug-likeness (QED) is 0.265. The first kappa shape index (κ1) is 26.5. The third-order valence-corrected chi connectivity index (χ3v) is 7.00. The number of amides is 1. The van der Waals surface area contributed by atoms with Gasteiger partial charge in [0.1, 0.15) is 5.60 Å². The first-order valence-corrected chi connectivity index (χ1v) is 13.7. The van der Waals surface area contributed by atoms with E-state index in [1.807, 2.05) is 87.6 Å². The number of anilines is 1. The van der Waals surface area contributed by atoms with Gasteiger partial charge in [0.15, 0.2) is 5.82 Å². The van der Waals surface area contributed by atoms with Crippen LogP contribution in [0.1, 0.15) is 75.6 Å². The van der Waals surface area contributed by atoms with Gasteiger partial charge in [0.05, 0.1) is 18.8 Å². The number of tetrazole rings is 1. The predicted molar refractivity (Wildman–Crippen MR) is 151 cm³/mol. The second kappa shape index (κ2) is 11.8. The second-order valence-corrected chi connectivity index (χ2v) is 11.2. The van der Waals surface area contributed by atoms with Crippen molar-refractivity contribution in [2.45, 2.75) is 77.5 Å². The molecular weight excluding hydrogens is 488 g/mol. The zero-order valence-electron chi connectivity index (χ0n) is 23.0. The molecule has 1 fully saturated rings. The van der Waals surface area contributed by atoms with E-state index in [9.17, 15) is 4.79 Å². The average molecular weight is 525 g/mol. The number of carbonyl (C=O) groups is 1. The SMILES string of the molecule is CC(C)(C)OC(=O)N(Cc1ccc(C2CCCCC2)cn1)c1ccc(-c2nnnn2Cc2ccccc2)cc1. The van der Waals surface area contributed by atoms with E-state index in [0.717, 1.165) is 16.8 Å². The lowest BCUT2D eigenvalue weighted by molar-refractivity contribution is 0.0577. The molecule has 5 rings (SSSR count). The highest BCUT2D eigenvalue weighted by atomic mass is 16.6. The number of carbonyl (C=O) groups excluding carboxylic acids is 1. The lowest BCUT2D eigenvalue weighted by Gasteiger charge is -2.27. The van der Waals surface area contributed by atoms with Crippen molar-refractivity contribution in [2.24, 2.45) is 0 Å². The van der Waals surface area contributed by atoms with Gasteiger partial charge in [-0.25, -0.2) is 9.48 Å². The minimum absolute atomic E-state index is 0.310. The first-order valence-electron chi connectivity index (χ1n) is 13.7. The van der Waals surface area contributed by atoms with E-state index in [1.54, 1.807) is 9.58 Å². The van der Waals surface area contributed by atoms with Gasteiger partial charge in [0.2, 0.25) is 0 Å². The van der Waals surface area contributed by atoms with Crippen molar-refractivity contribution in [1.29, 1.82) is 0 Å². The van der Waals surface area contributed by atoms with Gasteiger partial charge in [-0.15, -0.1) is 5.10 Å². The van der Waals surface area contributed by atoms with Crippen molar-refractivity contribution in [3.8, 4) is 11.4 Å². The number of rotatable bonds is 7. The Bertz CT molecular complexity index is 1350. The van der Waals surface area contributed by atoms with Crippen LogP contribution < -0.4 is 4.90 Å². The van der Waals surface area contributed by atoms with E-state index in [0.29, 0.717) is 30.5 Å². The number of aromatic nitrogens is 5. The standard InChI is InChI=1S/C31H36N6O2/c1-31(2,3)39-30(38)36(22-27-17-14-26(20-32-27)24-12-8-5-9-13-24)28-18-15-25(16-19-28)29-33-34-35-37(29)21-23-10-6-4-7-11-23/h4,6-7,10-11,14-20,24H,5,8-9,12-13,21-22H2,1-3H3. The third kappa shape index (κ3) is 6.88. The lowest BCUT2D eigenvalue weighted by atomic mass is 9.85. The van der Waals surface area contributed by atoms with E-state index in [-0.39, 0.29) is 0 Å². The van der Waals surface area contributed by atoms with Gasteiger partial charge < -0.3 is 4.74 Å². The Kier molecular flexibility index (Phi) is 8.00. The summed E-state index contributed by atoms with van der Waals surface area (Å²) in [6.07, 6.45) is 7.92. The van der Waals surface area contributed by atoms with Gasteiger partial charge in [-0.05, 0) is 91.4 Å². The molecule has 8 nitrogen and oxygen atoms in total. The molecule has 8 heteroatoms. The molecule has 202 valence electrons. The smallest absolute Gasteiger partial charge is 0.415 e. The highest BCUT2D eigenvalue weighted by molar-refractivity contribution is 5.88. The number of ether oxygens (including phenoxy) is 1. The largest absolute Gasteiger partial charge is 0.443 e. The molecule has 2 aromatic carbocycles. The van der Waals surface area contributed by atoms with Crippen LogP contribution in [0.2, 0.25) is 0 Å². The summed E-state index contributed by atoms with van der Waals surface area (Å²) in [5.74, 6) is 1.25. The Morgan fingerprint density at radius 1 is 0.974 bits per heavy atom. The molecule has 4 aromatic rings. The average Bonchev–Trinajstić information content (AvgIpc) is 3.40. The maximum absolute atomic E-state index is 13.3. The van der Waals surface area contributed by atoms with Gasteiger partial charge in [-0.2, -0.15) is 0 Å². The zero-order chi connectivity index (χ0) is 27.2. The minimum atomic E-state index is -0.618. The Labute approximate surface area is 230 Å². The summed E-state index contributed by atoms with van der Waals surface area (Å²) in [4.78, 5) is 19.6. The van der Waals surface area contributed by atoms with Crippen LogP contribution in [0, 0.1) is 0 Å². The third-order valence-electron chi connectivity index (χ3n) is 7.00. The Balaban J connectivity index is 1.36. The molecule has 2 aromatic heterocycles. The summed E-state index contributed by atoms with van der Waals surface area (Å²) in [6.45, 7) is 6.49. The molecule has 1 saturated carbocycles. The van der Waals surface area contributed by atoms with Gasteiger partial charge in [0.25, 0.3) is 0 Å². The topological polar surface area (TPSA) is 86.0 Å². The van der Waals surface area contributed by atoms with Crippen LogP contribution in [0.4, 0.5) is 10.5 Å². The van der Waals surface area contributed by atoms with Crippen LogP contribution in [0.3, 0.4) is 0 Å². The molecule has 0 radical (unpaired) electrons. The van der Waals surface area contributed by atoms with Gasteiger partial charge in [-0.3, -0.25) is 9.88 Å². The van der Waals surface area contributed by atoms with Crippen molar-refractivity contribution in [2.75, 3.05) is 4.90 Å². The molecule has 0 saturated heterocycles. The molecular formula is C31H36N6O2.